The van der Waals surface area contributed by atoms with Gasteiger partial charge in [0.2, 0.25) is 0 Å². The molecule has 80 valence electrons. The van der Waals surface area contributed by atoms with E-state index in [1.807, 2.05) is 6.07 Å². The minimum atomic E-state index is -0.214. The molecule has 3 N–H and O–H groups in total. The SMILES string of the molecule is C#CCNC(CN)c1ccc(C)c(F)c1. The van der Waals surface area contributed by atoms with Crippen LogP contribution in [0.25, 0.3) is 0 Å². The van der Waals surface area contributed by atoms with Crippen LogP contribution in [-0.4, -0.2) is 13.1 Å². The Morgan fingerprint density at radius 1 is 1.60 bits per heavy atom. The number of halogens is 1. The second-order valence-electron chi connectivity index (χ2n) is 3.38. The van der Waals surface area contributed by atoms with Gasteiger partial charge < -0.3 is 5.73 Å². The Bertz CT molecular complexity index is 368. The normalized spacial score (nSPS) is 12.1. The molecule has 0 spiro atoms. The van der Waals surface area contributed by atoms with Gasteiger partial charge in [-0.15, -0.1) is 6.42 Å². The van der Waals surface area contributed by atoms with Gasteiger partial charge in [-0.05, 0) is 24.1 Å². The minimum absolute atomic E-state index is 0.0869. The highest BCUT2D eigenvalue weighted by molar-refractivity contribution is 5.26. The van der Waals surface area contributed by atoms with E-state index in [-0.39, 0.29) is 11.9 Å². The molecule has 0 fully saturated rings. The Labute approximate surface area is 89.7 Å². The molecule has 1 atom stereocenters. The third kappa shape index (κ3) is 3.05. The monoisotopic (exact) mass is 206 g/mol. The third-order valence-electron chi connectivity index (χ3n) is 2.28. The van der Waals surface area contributed by atoms with Crippen molar-refractivity contribution in [3.05, 3.63) is 35.1 Å². The molecular weight excluding hydrogens is 191 g/mol. The molecule has 2 nitrogen and oxygen atoms in total. The summed E-state index contributed by atoms with van der Waals surface area (Å²) in [5, 5.41) is 3.05. The topological polar surface area (TPSA) is 38.0 Å². The molecule has 0 saturated heterocycles. The number of benzene rings is 1. The first kappa shape index (κ1) is 11.7. The average Bonchev–Trinajstić information content (AvgIpc) is 2.24. The van der Waals surface area contributed by atoms with Gasteiger partial charge in [0.1, 0.15) is 5.82 Å². The zero-order valence-electron chi connectivity index (χ0n) is 8.76. The van der Waals surface area contributed by atoms with E-state index in [0.29, 0.717) is 18.7 Å². The lowest BCUT2D eigenvalue weighted by atomic mass is 10.0. The van der Waals surface area contributed by atoms with Crippen molar-refractivity contribution >= 4 is 0 Å². The van der Waals surface area contributed by atoms with Crippen LogP contribution in [-0.2, 0) is 0 Å². The Balaban J connectivity index is 2.83. The van der Waals surface area contributed by atoms with Crippen molar-refractivity contribution in [3.63, 3.8) is 0 Å². The van der Waals surface area contributed by atoms with Gasteiger partial charge >= 0.3 is 0 Å². The summed E-state index contributed by atoms with van der Waals surface area (Å²) < 4.78 is 13.3. The van der Waals surface area contributed by atoms with Crippen LogP contribution >= 0.6 is 0 Å². The Morgan fingerprint density at radius 3 is 2.87 bits per heavy atom. The first-order valence-corrected chi connectivity index (χ1v) is 4.82. The maximum atomic E-state index is 13.3. The molecule has 1 rings (SSSR count). The number of terminal acetylenes is 1. The molecule has 0 saturated carbocycles. The molecule has 0 aliphatic carbocycles. The highest BCUT2D eigenvalue weighted by Gasteiger charge is 2.09. The quantitative estimate of drug-likeness (QED) is 0.730. The van der Waals surface area contributed by atoms with Crippen molar-refractivity contribution in [2.75, 3.05) is 13.1 Å². The number of rotatable bonds is 4. The lowest BCUT2D eigenvalue weighted by Crippen LogP contribution is -2.28. The highest BCUT2D eigenvalue weighted by Crippen LogP contribution is 2.15. The van der Waals surface area contributed by atoms with Gasteiger partial charge in [-0.2, -0.15) is 0 Å². The molecule has 0 heterocycles. The van der Waals surface area contributed by atoms with Crippen molar-refractivity contribution in [2.24, 2.45) is 5.73 Å². The Morgan fingerprint density at radius 2 is 2.33 bits per heavy atom. The molecule has 0 bridgehead atoms. The number of aryl methyl sites for hydroxylation is 1. The molecule has 0 aliphatic rings. The molecule has 0 aromatic heterocycles. The van der Waals surface area contributed by atoms with Crippen LogP contribution in [0.1, 0.15) is 17.2 Å². The molecule has 1 aromatic rings. The second-order valence-corrected chi connectivity index (χ2v) is 3.38. The van der Waals surface area contributed by atoms with Crippen LogP contribution in [0.15, 0.2) is 18.2 Å². The standard InChI is InChI=1S/C12H15FN2/c1-3-6-15-12(8-14)10-5-4-9(2)11(13)7-10/h1,4-5,7,12,15H,6,8,14H2,2H3. The third-order valence-corrected chi connectivity index (χ3v) is 2.28. The molecule has 1 unspecified atom stereocenters. The fourth-order valence-corrected chi connectivity index (χ4v) is 1.35. The summed E-state index contributed by atoms with van der Waals surface area (Å²) in [6.07, 6.45) is 5.14. The summed E-state index contributed by atoms with van der Waals surface area (Å²) in [5.74, 6) is 2.25. The van der Waals surface area contributed by atoms with Crippen LogP contribution in [0, 0.1) is 25.1 Å². The van der Waals surface area contributed by atoms with E-state index in [2.05, 4.69) is 11.2 Å². The molecule has 0 radical (unpaired) electrons. The van der Waals surface area contributed by atoms with Crippen molar-refractivity contribution in [2.45, 2.75) is 13.0 Å². The highest BCUT2D eigenvalue weighted by atomic mass is 19.1. The molecule has 0 amide bonds. The fourth-order valence-electron chi connectivity index (χ4n) is 1.35. The van der Waals surface area contributed by atoms with Gasteiger partial charge in [0, 0.05) is 12.6 Å². The van der Waals surface area contributed by atoms with E-state index in [9.17, 15) is 4.39 Å². The smallest absolute Gasteiger partial charge is 0.126 e. The zero-order chi connectivity index (χ0) is 11.3. The molecule has 0 aliphatic heterocycles. The summed E-state index contributed by atoms with van der Waals surface area (Å²) >= 11 is 0. The van der Waals surface area contributed by atoms with Crippen LogP contribution in [0.5, 0.6) is 0 Å². The molecule has 3 heteroatoms. The van der Waals surface area contributed by atoms with E-state index in [1.54, 1.807) is 13.0 Å². The Hall–Kier alpha value is -1.37. The van der Waals surface area contributed by atoms with Crippen molar-refractivity contribution < 1.29 is 4.39 Å². The largest absolute Gasteiger partial charge is 0.329 e. The summed E-state index contributed by atoms with van der Waals surface area (Å²) in [5.41, 5.74) is 7.04. The number of hydrogen-bond acceptors (Lipinski definition) is 2. The van der Waals surface area contributed by atoms with Crippen molar-refractivity contribution in [1.82, 2.24) is 5.32 Å². The predicted octanol–water partition coefficient (Wildman–Crippen LogP) is 1.36. The molecule has 15 heavy (non-hydrogen) atoms. The predicted molar refractivity (Wildman–Crippen MR) is 59.8 cm³/mol. The summed E-state index contributed by atoms with van der Waals surface area (Å²) in [7, 11) is 0. The summed E-state index contributed by atoms with van der Waals surface area (Å²) in [6, 6.07) is 5.01. The first-order chi connectivity index (χ1) is 7.19. The summed E-state index contributed by atoms with van der Waals surface area (Å²) in [6.45, 7) is 2.55. The number of hydrogen-bond donors (Lipinski definition) is 2. The number of nitrogens with one attached hydrogen (secondary N) is 1. The maximum Gasteiger partial charge on any atom is 0.126 e. The maximum absolute atomic E-state index is 13.3. The molecule has 1 aromatic carbocycles. The minimum Gasteiger partial charge on any atom is -0.329 e. The first-order valence-electron chi connectivity index (χ1n) is 4.82. The molecular formula is C12H15FN2. The van der Waals surface area contributed by atoms with E-state index in [1.165, 1.54) is 6.07 Å². The van der Waals surface area contributed by atoms with Crippen LogP contribution in [0.4, 0.5) is 4.39 Å². The average molecular weight is 206 g/mol. The lowest BCUT2D eigenvalue weighted by Gasteiger charge is -2.16. The van der Waals surface area contributed by atoms with Gasteiger partial charge in [0.25, 0.3) is 0 Å². The summed E-state index contributed by atoms with van der Waals surface area (Å²) in [4.78, 5) is 0. The van der Waals surface area contributed by atoms with Gasteiger partial charge in [-0.3, -0.25) is 5.32 Å². The van der Waals surface area contributed by atoms with Crippen LogP contribution in [0.3, 0.4) is 0 Å². The van der Waals surface area contributed by atoms with Crippen LogP contribution in [0.2, 0.25) is 0 Å². The van der Waals surface area contributed by atoms with Crippen LogP contribution < -0.4 is 11.1 Å². The van der Waals surface area contributed by atoms with Gasteiger partial charge in [-0.1, -0.05) is 18.1 Å². The van der Waals surface area contributed by atoms with E-state index in [4.69, 9.17) is 12.2 Å². The van der Waals surface area contributed by atoms with E-state index in [0.717, 1.165) is 5.56 Å². The van der Waals surface area contributed by atoms with Gasteiger partial charge in [-0.25, -0.2) is 4.39 Å². The zero-order valence-corrected chi connectivity index (χ0v) is 8.76. The second kappa shape index (κ2) is 5.50. The van der Waals surface area contributed by atoms with Crippen molar-refractivity contribution in [1.29, 1.82) is 0 Å². The Kier molecular flexibility index (Phi) is 4.29. The van der Waals surface area contributed by atoms with Crippen molar-refractivity contribution in [3.8, 4) is 12.3 Å². The van der Waals surface area contributed by atoms with Gasteiger partial charge in [0.05, 0.1) is 6.54 Å². The fraction of sp³-hybridized carbons (Fsp3) is 0.333. The lowest BCUT2D eigenvalue weighted by molar-refractivity contribution is 0.568. The van der Waals surface area contributed by atoms with E-state index < -0.39 is 0 Å². The van der Waals surface area contributed by atoms with E-state index >= 15 is 0 Å². The number of nitrogens with two attached hydrogens (primary N) is 1. The van der Waals surface area contributed by atoms with Gasteiger partial charge in [0.15, 0.2) is 0 Å².